The number of nitrogens with zero attached hydrogens (tertiary/aromatic N) is 2. The quantitative estimate of drug-likeness (QED) is 0.628. The predicted molar refractivity (Wildman–Crippen MR) is 112 cm³/mol. The van der Waals surface area contributed by atoms with Gasteiger partial charge in [-0.3, -0.25) is 6.08 Å². The van der Waals surface area contributed by atoms with Crippen molar-refractivity contribution in [1.82, 2.24) is 5.32 Å². The zero-order valence-corrected chi connectivity index (χ0v) is 20.5. The fourth-order valence-electron chi connectivity index (χ4n) is 2.53. The molecule has 0 aromatic heterocycles. The maximum atomic E-state index is 3.61. The summed E-state index contributed by atoms with van der Waals surface area (Å²) in [6, 6.07) is 10.7. The van der Waals surface area contributed by atoms with Crippen molar-refractivity contribution >= 4 is 0 Å². The van der Waals surface area contributed by atoms with E-state index in [1.165, 1.54) is 22.4 Å². The summed E-state index contributed by atoms with van der Waals surface area (Å²) in [4.78, 5) is 0. The standard InChI is InChI=1S/C18H24N.2C2H6N.Zr/c1-13-11-16(12-15-9-7-6-8-10-15)14(2)17(13)19-18(3,4)5;2*1-3-2;/h6-10,16,19H,12H2,1-5H3;2*1-2H3;/q3*-1;+3. The van der Waals surface area contributed by atoms with Crippen molar-refractivity contribution in [2.75, 3.05) is 28.2 Å². The number of allylic oxidation sites excluding steroid dienone is 3. The molecule has 1 aromatic carbocycles. The summed E-state index contributed by atoms with van der Waals surface area (Å²) < 4.78 is 0. The Bertz CT molecular complexity index is 540. The smallest absolute Gasteiger partial charge is 0.668 e. The van der Waals surface area contributed by atoms with Gasteiger partial charge in [-0.05, 0) is 32.8 Å². The molecule has 0 amide bonds. The van der Waals surface area contributed by atoms with Crippen LogP contribution in [0.4, 0.5) is 0 Å². The molecule has 1 radical (unpaired) electrons. The minimum absolute atomic E-state index is 0. The molecule has 0 fully saturated rings. The molecule has 1 atom stereocenters. The molecule has 3 nitrogen and oxygen atoms in total. The van der Waals surface area contributed by atoms with Crippen molar-refractivity contribution in [3.8, 4) is 0 Å². The number of hydrogen-bond donors (Lipinski definition) is 1. The van der Waals surface area contributed by atoms with Gasteiger partial charge in [-0.1, -0.05) is 50.1 Å². The zero-order valence-electron chi connectivity index (χ0n) is 18.1. The zero-order chi connectivity index (χ0) is 19.5. The van der Waals surface area contributed by atoms with E-state index in [1.807, 2.05) is 0 Å². The second-order valence-electron chi connectivity index (χ2n) is 7.34. The minimum Gasteiger partial charge on any atom is -0.668 e. The predicted octanol–water partition coefficient (Wildman–Crippen LogP) is 5.51. The molecule has 1 N–H and O–H groups in total. The molecular formula is C22H36N3Zr. The number of benzene rings is 1. The van der Waals surface area contributed by atoms with Crippen molar-refractivity contribution in [3.05, 3.63) is 69.4 Å². The van der Waals surface area contributed by atoms with Crippen LogP contribution in [0, 0.1) is 12.0 Å². The van der Waals surface area contributed by atoms with Gasteiger partial charge in [0, 0.05) is 5.54 Å². The normalized spacial score (nSPS) is 15.7. The van der Waals surface area contributed by atoms with E-state index in [0.29, 0.717) is 5.92 Å². The van der Waals surface area contributed by atoms with Crippen LogP contribution in [0.5, 0.6) is 0 Å². The van der Waals surface area contributed by atoms with Gasteiger partial charge in [-0.25, -0.2) is 5.57 Å². The van der Waals surface area contributed by atoms with Gasteiger partial charge in [0.05, 0.1) is 0 Å². The van der Waals surface area contributed by atoms with Crippen molar-refractivity contribution in [3.63, 3.8) is 0 Å². The van der Waals surface area contributed by atoms with Crippen LogP contribution in [0.1, 0.15) is 40.2 Å². The Hall–Kier alpha value is -0.697. The van der Waals surface area contributed by atoms with Crippen LogP contribution in [0.2, 0.25) is 0 Å². The van der Waals surface area contributed by atoms with Crippen molar-refractivity contribution in [1.29, 1.82) is 0 Å². The van der Waals surface area contributed by atoms with Gasteiger partial charge in [0.15, 0.2) is 0 Å². The van der Waals surface area contributed by atoms with Gasteiger partial charge < -0.3 is 16.0 Å². The number of rotatable bonds is 3. The molecule has 0 aliphatic heterocycles. The summed E-state index contributed by atoms with van der Waals surface area (Å²) in [5.41, 5.74) is 5.43. The maximum absolute atomic E-state index is 3.61. The van der Waals surface area contributed by atoms with Crippen LogP contribution in [0.25, 0.3) is 10.6 Å². The largest absolute Gasteiger partial charge is 3.00 e. The van der Waals surface area contributed by atoms with Gasteiger partial charge in [-0.2, -0.15) is 28.2 Å². The van der Waals surface area contributed by atoms with Crippen molar-refractivity contribution in [2.24, 2.45) is 5.92 Å². The van der Waals surface area contributed by atoms with Crippen LogP contribution in [-0.2, 0) is 32.6 Å². The summed E-state index contributed by atoms with van der Waals surface area (Å²) in [6.07, 6.45) is 4.65. The van der Waals surface area contributed by atoms with E-state index in [9.17, 15) is 0 Å². The van der Waals surface area contributed by atoms with Crippen molar-refractivity contribution in [2.45, 2.75) is 46.6 Å². The maximum Gasteiger partial charge on any atom is 3.00 e. The average molecular weight is 434 g/mol. The molecule has 143 valence electrons. The average Bonchev–Trinajstić information content (AvgIpc) is 2.76. The van der Waals surface area contributed by atoms with E-state index in [2.05, 4.69) is 87.0 Å². The molecule has 0 saturated heterocycles. The fourth-order valence-corrected chi connectivity index (χ4v) is 2.53. The molecule has 1 aliphatic carbocycles. The fraction of sp³-hybridized carbons (Fsp3) is 0.545. The van der Waals surface area contributed by atoms with E-state index in [4.69, 9.17) is 0 Å². The summed E-state index contributed by atoms with van der Waals surface area (Å²) in [7, 11) is 7.00. The first-order valence-electron chi connectivity index (χ1n) is 8.79. The number of nitrogens with one attached hydrogen (secondary N) is 1. The molecule has 2 rings (SSSR count). The third-order valence-corrected chi connectivity index (χ3v) is 3.47. The molecule has 26 heavy (non-hydrogen) atoms. The first-order chi connectivity index (χ1) is 11.7. The Labute approximate surface area is 181 Å². The molecule has 0 bridgehead atoms. The topological polar surface area (TPSA) is 40.2 Å². The van der Waals surface area contributed by atoms with Crippen molar-refractivity contribution < 1.29 is 26.2 Å². The Morgan fingerprint density at radius 3 is 1.85 bits per heavy atom. The van der Waals surface area contributed by atoms with Crippen LogP contribution in [0.15, 0.2) is 47.2 Å². The SMILES string of the molecule is CC1=[C-]C(Cc2ccccc2)C(C)=C1NC(C)(C)C.C[N-]C.C[N-]C.[Zr+3]. The third kappa shape index (κ3) is 11.1. The summed E-state index contributed by atoms with van der Waals surface area (Å²) in [5.74, 6) is 0.409. The molecular weight excluding hydrogens is 397 g/mol. The van der Waals surface area contributed by atoms with E-state index >= 15 is 0 Å². The van der Waals surface area contributed by atoms with Gasteiger partial charge in [-0.15, -0.1) is 11.3 Å². The van der Waals surface area contributed by atoms with E-state index in [1.54, 1.807) is 28.2 Å². The minimum atomic E-state index is 0. The molecule has 1 aliphatic rings. The molecule has 1 aromatic rings. The van der Waals surface area contributed by atoms with E-state index in [0.717, 1.165) is 6.42 Å². The van der Waals surface area contributed by atoms with Gasteiger partial charge >= 0.3 is 26.2 Å². The van der Waals surface area contributed by atoms with E-state index in [-0.39, 0.29) is 31.7 Å². The second kappa shape index (κ2) is 14.4. The first-order valence-corrected chi connectivity index (χ1v) is 8.79. The Morgan fingerprint density at radius 2 is 1.42 bits per heavy atom. The summed E-state index contributed by atoms with van der Waals surface area (Å²) >= 11 is 0. The molecule has 0 saturated carbocycles. The summed E-state index contributed by atoms with van der Waals surface area (Å²) in [6.45, 7) is 11.0. The van der Waals surface area contributed by atoms with Gasteiger partial charge in [0.1, 0.15) is 0 Å². The number of hydrogen-bond acceptors (Lipinski definition) is 1. The summed E-state index contributed by atoms with van der Waals surface area (Å²) in [5, 5.41) is 10.6. The third-order valence-electron chi connectivity index (χ3n) is 3.47. The Kier molecular flexibility index (Phi) is 15.2. The monoisotopic (exact) mass is 432 g/mol. The first kappa shape index (κ1) is 27.5. The molecule has 1 unspecified atom stereocenters. The van der Waals surface area contributed by atoms with Crippen LogP contribution in [0.3, 0.4) is 0 Å². The molecule has 4 heteroatoms. The Morgan fingerprint density at radius 1 is 0.962 bits per heavy atom. The van der Waals surface area contributed by atoms with E-state index < -0.39 is 0 Å². The Balaban J connectivity index is 0. The second-order valence-corrected chi connectivity index (χ2v) is 7.34. The molecule has 0 spiro atoms. The van der Waals surface area contributed by atoms with Gasteiger partial charge in [0.25, 0.3) is 0 Å². The molecule has 0 heterocycles. The van der Waals surface area contributed by atoms with Crippen LogP contribution < -0.4 is 5.32 Å². The van der Waals surface area contributed by atoms with Crippen LogP contribution >= 0.6 is 0 Å². The van der Waals surface area contributed by atoms with Gasteiger partial charge in [0.2, 0.25) is 0 Å². The van der Waals surface area contributed by atoms with Crippen LogP contribution in [-0.4, -0.2) is 33.7 Å².